The number of methoxy groups -OCH3 is 4. The van der Waals surface area contributed by atoms with Crippen LogP contribution in [0.2, 0.25) is 0 Å². The summed E-state index contributed by atoms with van der Waals surface area (Å²) in [6.07, 6.45) is 0.920. The van der Waals surface area contributed by atoms with Gasteiger partial charge in [0.1, 0.15) is 0 Å². The van der Waals surface area contributed by atoms with Gasteiger partial charge in [0.05, 0.1) is 50.0 Å². The predicted octanol–water partition coefficient (Wildman–Crippen LogP) is 6.10. The molecule has 0 bridgehead atoms. The molecule has 0 spiro atoms. The van der Waals surface area contributed by atoms with Gasteiger partial charge in [-0.1, -0.05) is 24.3 Å². The lowest BCUT2D eigenvalue weighted by Crippen LogP contribution is -2.20. The molecule has 3 aromatic carbocycles. The Labute approximate surface area is 258 Å². The van der Waals surface area contributed by atoms with E-state index in [2.05, 4.69) is 28.4 Å². The molecule has 44 heavy (non-hydrogen) atoms. The Morgan fingerprint density at radius 3 is 2.18 bits per heavy atom. The molecule has 0 atom stereocenters. The van der Waals surface area contributed by atoms with Gasteiger partial charge in [0.15, 0.2) is 34.7 Å². The molecule has 1 N–H and O–H groups in total. The first-order valence-corrected chi connectivity index (χ1v) is 14.5. The third-order valence-electron chi connectivity index (χ3n) is 6.89. The molecule has 5 aromatic rings. The first-order valence-electron chi connectivity index (χ1n) is 13.7. The van der Waals surface area contributed by atoms with Crippen LogP contribution in [0.3, 0.4) is 0 Å². The van der Waals surface area contributed by atoms with Crippen LogP contribution in [-0.4, -0.2) is 61.6 Å². The summed E-state index contributed by atoms with van der Waals surface area (Å²) >= 11 is 1.41. The van der Waals surface area contributed by atoms with Crippen molar-refractivity contribution < 1.29 is 33.3 Å². The maximum absolute atomic E-state index is 12.8. The van der Waals surface area contributed by atoms with E-state index in [9.17, 15) is 9.59 Å². The second-order valence-electron chi connectivity index (χ2n) is 9.64. The zero-order chi connectivity index (χ0) is 31.4. The number of nitrogens with one attached hydrogen (secondary N) is 1. The van der Waals surface area contributed by atoms with Gasteiger partial charge in [0.25, 0.3) is 5.91 Å². The van der Waals surface area contributed by atoms with Gasteiger partial charge in [0.2, 0.25) is 11.7 Å². The van der Waals surface area contributed by atoms with Crippen molar-refractivity contribution in [3.8, 4) is 51.3 Å². The lowest BCUT2D eigenvalue weighted by molar-refractivity contribution is -0.118. The van der Waals surface area contributed by atoms with Crippen LogP contribution >= 0.6 is 11.3 Å². The van der Waals surface area contributed by atoms with Gasteiger partial charge < -0.3 is 23.7 Å². The van der Waals surface area contributed by atoms with E-state index in [0.29, 0.717) is 56.4 Å². The van der Waals surface area contributed by atoms with Crippen LogP contribution in [0.4, 0.5) is 5.13 Å². The smallest absolute Gasteiger partial charge is 0.264 e. The van der Waals surface area contributed by atoms with Crippen molar-refractivity contribution in [2.75, 3.05) is 40.4 Å². The summed E-state index contributed by atoms with van der Waals surface area (Å²) in [5, 5.41) is 7.86. The average molecular weight is 617 g/mol. The predicted molar refractivity (Wildman–Crippen MR) is 169 cm³/mol. The number of carbonyl (C=O) groups excluding carboxylic acids is 2. The van der Waals surface area contributed by atoms with Gasteiger partial charge in [-0.3, -0.25) is 14.9 Å². The molecule has 0 aliphatic carbocycles. The maximum Gasteiger partial charge on any atom is 0.264 e. The molecule has 0 aliphatic rings. The van der Waals surface area contributed by atoms with Crippen molar-refractivity contribution in [1.29, 1.82) is 0 Å². The highest BCUT2D eigenvalue weighted by Gasteiger charge is 2.20. The van der Waals surface area contributed by atoms with Crippen LogP contribution in [-0.2, 0) is 11.2 Å². The first kappa shape index (κ1) is 30.4. The van der Waals surface area contributed by atoms with E-state index in [1.54, 1.807) is 36.4 Å². The third-order valence-corrected chi connectivity index (χ3v) is 7.83. The quantitative estimate of drug-likeness (QED) is 0.187. The number of anilines is 1. The van der Waals surface area contributed by atoms with Crippen LogP contribution < -0.4 is 29.0 Å². The lowest BCUT2D eigenvalue weighted by atomic mass is 10.1. The number of aromatic nitrogens is 3. The van der Waals surface area contributed by atoms with Gasteiger partial charge in [-0.25, -0.2) is 4.98 Å². The molecule has 0 unspecified atom stereocenters. The van der Waals surface area contributed by atoms with Crippen molar-refractivity contribution in [1.82, 2.24) is 14.8 Å². The Kier molecular flexibility index (Phi) is 9.00. The fraction of sp³-hybridized carbons (Fsp3) is 0.250. The molecule has 11 nitrogen and oxygen atoms in total. The second-order valence-corrected chi connectivity index (χ2v) is 10.7. The summed E-state index contributed by atoms with van der Waals surface area (Å²) in [6, 6.07) is 16.5. The SMILES string of the molecule is CCc1ccc2nc(NC(=O)COc3cc(-c4cc(-c5cc(OC)c(OC)c(OC)c5)nn4C(C)=O)ccc3OC)sc2c1. The summed E-state index contributed by atoms with van der Waals surface area (Å²) in [6.45, 7) is 3.23. The highest BCUT2D eigenvalue weighted by Crippen LogP contribution is 2.42. The van der Waals surface area contributed by atoms with Crippen molar-refractivity contribution in [3.63, 3.8) is 0 Å². The summed E-state index contributed by atoms with van der Waals surface area (Å²) in [7, 11) is 6.09. The molecule has 2 heterocycles. The monoisotopic (exact) mass is 616 g/mol. The van der Waals surface area contributed by atoms with Crippen LogP contribution in [0.25, 0.3) is 32.7 Å². The van der Waals surface area contributed by atoms with Gasteiger partial charge in [-0.05, 0) is 60.5 Å². The zero-order valence-electron chi connectivity index (χ0n) is 25.2. The maximum atomic E-state index is 12.8. The Morgan fingerprint density at radius 1 is 0.841 bits per heavy atom. The molecule has 0 saturated heterocycles. The fourth-order valence-electron chi connectivity index (χ4n) is 4.69. The largest absolute Gasteiger partial charge is 0.493 e. The minimum absolute atomic E-state index is 0.279. The van der Waals surface area contributed by atoms with E-state index in [1.807, 2.05) is 12.1 Å². The number of hydrogen-bond donors (Lipinski definition) is 1. The van der Waals surface area contributed by atoms with Crippen molar-refractivity contribution >= 4 is 38.5 Å². The number of amides is 1. The van der Waals surface area contributed by atoms with Crippen LogP contribution in [0, 0.1) is 0 Å². The number of benzene rings is 3. The topological polar surface area (TPSA) is 123 Å². The van der Waals surface area contributed by atoms with Crippen LogP contribution in [0.5, 0.6) is 28.7 Å². The minimum atomic E-state index is -0.370. The lowest BCUT2D eigenvalue weighted by Gasteiger charge is -2.13. The molecule has 12 heteroatoms. The molecular formula is C32H32N4O7S. The molecule has 0 saturated carbocycles. The highest BCUT2D eigenvalue weighted by molar-refractivity contribution is 7.22. The van der Waals surface area contributed by atoms with Crippen LogP contribution in [0.1, 0.15) is 24.2 Å². The van der Waals surface area contributed by atoms with Gasteiger partial charge >= 0.3 is 0 Å². The molecule has 2 aromatic heterocycles. The first-order chi connectivity index (χ1) is 21.3. The van der Waals surface area contributed by atoms with E-state index < -0.39 is 0 Å². The number of nitrogens with zero attached hydrogens (tertiary/aromatic N) is 3. The Balaban J connectivity index is 1.41. The van der Waals surface area contributed by atoms with Gasteiger partial charge in [0, 0.05) is 18.1 Å². The summed E-state index contributed by atoms with van der Waals surface area (Å²) in [5.41, 5.74) is 4.33. The number of fused-ring (bicyclic) bond motifs is 1. The second kappa shape index (κ2) is 13.0. The van der Waals surface area contributed by atoms with Gasteiger partial charge in [-0.2, -0.15) is 9.78 Å². The Morgan fingerprint density at radius 2 is 1.55 bits per heavy atom. The molecule has 1 amide bonds. The summed E-state index contributed by atoms with van der Waals surface area (Å²) in [5.74, 6) is 1.44. The Bertz CT molecular complexity index is 1820. The van der Waals surface area contributed by atoms with Crippen molar-refractivity contribution in [2.24, 2.45) is 0 Å². The normalized spacial score (nSPS) is 10.9. The van der Waals surface area contributed by atoms with Crippen LogP contribution in [0.15, 0.2) is 54.6 Å². The number of ether oxygens (including phenoxy) is 5. The third kappa shape index (κ3) is 6.16. The van der Waals surface area contributed by atoms with E-state index in [0.717, 1.165) is 16.6 Å². The molecule has 0 radical (unpaired) electrons. The van der Waals surface area contributed by atoms with E-state index >= 15 is 0 Å². The molecule has 0 aliphatic heterocycles. The number of thiazole rings is 1. The average Bonchev–Trinajstić information content (AvgIpc) is 3.67. The molecular weight excluding hydrogens is 584 g/mol. The van der Waals surface area contributed by atoms with E-state index in [1.165, 1.54) is 56.9 Å². The van der Waals surface area contributed by atoms with Gasteiger partial charge in [-0.15, -0.1) is 0 Å². The van der Waals surface area contributed by atoms with Crippen molar-refractivity contribution in [3.05, 3.63) is 60.2 Å². The Hall–Kier alpha value is -5.10. The molecule has 0 fully saturated rings. The number of hydrogen-bond acceptors (Lipinski definition) is 10. The minimum Gasteiger partial charge on any atom is -0.493 e. The highest BCUT2D eigenvalue weighted by atomic mass is 32.1. The number of carbonyl (C=O) groups is 2. The summed E-state index contributed by atoms with van der Waals surface area (Å²) < 4.78 is 30.1. The number of aryl methyl sites for hydroxylation is 1. The van der Waals surface area contributed by atoms with E-state index in [4.69, 9.17) is 23.7 Å². The number of rotatable bonds is 11. The van der Waals surface area contributed by atoms with Crippen molar-refractivity contribution in [2.45, 2.75) is 20.3 Å². The standard InChI is InChI=1S/C32H32N4O7S/c1-7-19-8-10-22-29(12-19)44-32(33-22)34-30(38)17-43-26-13-20(9-11-25(26)39-3)24-16-23(35-36(24)18(2)37)21-14-27(40-4)31(42-6)28(15-21)41-5/h8-16H,7,17H2,1-6H3,(H,33,34,38). The summed E-state index contributed by atoms with van der Waals surface area (Å²) in [4.78, 5) is 29.9. The zero-order valence-corrected chi connectivity index (χ0v) is 26.0. The molecule has 5 rings (SSSR count). The fourth-order valence-corrected chi connectivity index (χ4v) is 5.63. The van der Waals surface area contributed by atoms with E-state index in [-0.39, 0.29) is 18.4 Å². The molecule has 228 valence electrons.